The molecule has 1 unspecified atom stereocenters. The van der Waals surface area contributed by atoms with Gasteiger partial charge >= 0.3 is 6.36 Å². The molecule has 2 amide bonds. The number of hydrogen-bond donors (Lipinski definition) is 1. The number of aromatic nitrogens is 2. The van der Waals surface area contributed by atoms with Crippen LogP contribution in [-0.4, -0.2) is 41.6 Å². The number of halogens is 4. The molecule has 1 atom stereocenters. The number of nitrogens with zero attached hydrogens (tertiary/aromatic N) is 3. The molecule has 0 radical (unpaired) electrons. The molecule has 0 aliphatic carbocycles. The van der Waals surface area contributed by atoms with Crippen LogP contribution < -0.4 is 19.7 Å². The van der Waals surface area contributed by atoms with Crippen LogP contribution in [0.4, 0.5) is 18.9 Å². The third-order valence-electron chi connectivity index (χ3n) is 5.49. The molecule has 1 aliphatic heterocycles. The van der Waals surface area contributed by atoms with E-state index >= 15 is 0 Å². The number of methoxy groups -OCH3 is 1. The zero-order chi connectivity index (χ0) is 25.3. The highest BCUT2D eigenvalue weighted by Gasteiger charge is 2.35. The van der Waals surface area contributed by atoms with Crippen molar-refractivity contribution in [2.24, 2.45) is 7.05 Å². The molecule has 4 rings (SSSR count). The van der Waals surface area contributed by atoms with Crippen LogP contribution in [-0.2, 0) is 7.05 Å². The summed E-state index contributed by atoms with van der Waals surface area (Å²) in [6.45, 7) is 0.178. The Labute approximate surface area is 203 Å². The van der Waals surface area contributed by atoms with Crippen molar-refractivity contribution in [2.45, 2.75) is 18.8 Å². The van der Waals surface area contributed by atoms with Crippen LogP contribution in [0.25, 0.3) is 0 Å². The molecule has 184 valence electrons. The highest BCUT2D eigenvalue weighted by atomic mass is 35.5. The van der Waals surface area contributed by atoms with Crippen molar-refractivity contribution in [2.75, 3.05) is 18.6 Å². The molecule has 12 heteroatoms. The Balaban J connectivity index is 1.62. The molecule has 0 saturated heterocycles. The summed E-state index contributed by atoms with van der Waals surface area (Å²) in [5.74, 6) is -1.49. The molecule has 1 aromatic heterocycles. The molecule has 0 bridgehead atoms. The van der Waals surface area contributed by atoms with Gasteiger partial charge in [0.1, 0.15) is 11.5 Å². The van der Waals surface area contributed by atoms with E-state index in [2.05, 4.69) is 15.2 Å². The maximum Gasteiger partial charge on any atom is 0.573 e. The van der Waals surface area contributed by atoms with Crippen LogP contribution in [0.15, 0.2) is 48.7 Å². The lowest BCUT2D eigenvalue weighted by Gasteiger charge is -2.32. The fourth-order valence-electron chi connectivity index (χ4n) is 3.96. The van der Waals surface area contributed by atoms with Crippen LogP contribution >= 0.6 is 11.6 Å². The molecule has 2 heterocycles. The molecule has 1 aliphatic rings. The monoisotopic (exact) mass is 508 g/mol. The number of rotatable bonds is 5. The second-order valence-corrected chi connectivity index (χ2v) is 8.14. The highest BCUT2D eigenvalue weighted by molar-refractivity contribution is 6.33. The number of nitrogens with one attached hydrogen (secondary N) is 1. The van der Waals surface area contributed by atoms with Crippen molar-refractivity contribution in [3.05, 3.63) is 70.5 Å². The van der Waals surface area contributed by atoms with Crippen LogP contribution in [0.2, 0.25) is 5.02 Å². The molecule has 0 spiro atoms. The summed E-state index contributed by atoms with van der Waals surface area (Å²) < 4.78 is 48.8. The Morgan fingerprint density at radius 2 is 1.89 bits per heavy atom. The van der Waals surface area contributed by atoms with Crippen molar-refractivity contribution in [3.8, 4) is 11.5 Å². The highest BCUT2D eigenvalue weighted by Crippen LogP contribution is 2.36. The van der Waals surface area contributed by atoms with E-state index in [-0.39, 0.29) is 23.8 Å². The first-order chi connectivity index (χ1) is 16.6. The summed E-state index contributed by atoms with van der Waals surface area (Å²) >= 11 is 6.14. The number of anilines is 1. The average Bonchev–Trinajstić information content (AvgIpc) is 3.19. The lowest BCUT2D eigenvalue weighted by Crippen LogP contribution is -2.41. The Kier molecular flexibility index (Phi) is 6.62. The van der Waals surface area contributed by atoms with Gasteiger partial charge in [0.2, 0.25) is 0 Å². The van der Waals surface area contributed by atoms with Gasteiger partial charge in [0.05, 0.1) is 41.3 Å². The van der Waals surface area contributed by atoms with E-state index in [1.807, 2.05) is 0 Å². The van der Waals surface area contributed by atoms with E-state index in [0.717, 1.165) is 12.1 Å². The predicted octanol–water partition coefficient (Wildman–Crippen LogP) is 4.50. The van der Waals surface area contributed by atoms with Crippen molar-refractivity contribution >= 4 is 29.1 Å². The molecule has 0 fully saturated rings. The van der Waals surface area contributed by atoms with Crippen LogP contribution in [0, 0.1) is 0 Å². The molecule has 35 heavy (non-hydrogen) atoms. The number of carbonyl (C=O) groups is 2. The minimum absolute atomic E-state index is 0.0309. The molecule has 8 nitrogen and oxygen atoms in total. The van der Waals surface area contributed by atoms with Crippen molar-refractivity contribution < 1.29 is 32.2 Å². The van der Waals surface area contributed by atoms with Crippen LogP contribution in [0.3, 0.4) is 0 Å². The number of alkyl halides is 3. The first-order valence-electron chi connectivity index (χ1n) is 10.4. The van der Waals surface area contributed by atoms with E-state index in [0.29, 0.717) is 28.4 Å². The largest absolute Gasteiger partial charge is 0.573 e. The Bertz CT molecular complexity index is 1280. The lowest BCUT2D eigenvalue weighted by atomic mass is 10.0. The third kappa shape index (κ3) is 5.19. The van der Waals surface area contributed by atoms with E-state index in [1.54, 1.807) is 31.3 Å². The van der Waals surface area contributed by atoms with Gasteiger partial charge in [0.15, 0.2) is 0 Å². The Morgan fingerprint density at radius 1 is 1.17 bits per heavy atom. The summed E-state index contributed by atoms with van der Waals surface area (Å²) in [7, 11) is 2.94. The fraction of sp³-hybridized carbons (Fsp3) is 0.261. The van der Waals surface area contributed by atoms with Gasteiger partial charge < -0.3 is 19.7 Å². The van der Waals surface area contributed by atoms with Gasteiger partial charge in [-0.2, -0.15) is 5.10 Å². The number of aryl methyl sites for hydroxylation is 1. The zero-order valence-corrected chi connectivity index (χ0v) is 19.4. The van der Waals surface area contributed by atoms with Gasteiger partial charge in [-0.05, 0) is 30.7 Å². The number of amides is 2. The summed E-state index contributed by atoms with van der Waals surface area (Å²) in [4.78, 5) is 27.6. The molecular weight excluding hydrogens is 489 g/mol. The normalized spacial score (nSPS) is 15.4. The SMILES string of the molecule is COc1cc(OC(F)(F)F)cc(C(=O)N2CCC(NC(=O)c3ccccc3Cl)c3c2cnn3C)c1. The van der Waals surface area contributed by atoms with Crippen molar-refractivity contribution in [1.29, 1.82) is 0 Å². The summed E-state index contributed by atoms with van der Waals surface area (Å²) in [5.41, 5.74) is 1.25. The average molecular weight is 509 g/mol. The number of carbonyl (C=O) groups excluding carboxylic acids is 2. The number of hydrogen-bond acceptors (Lipinski definition) is 5. The number of fused-ring (bicyclic) bond motifs is 1. The summed E-state index contributed by atoms with van der Waals surface area (Å²) in [5, 5.41) is 7.45. The van der Waals surface area contributed by atoms with Crippen LogP contribution in [0.1, 0.15) is 38.9 Å². The van der Waals surface area contributed by atoms with E-state index in [1.165, 1.54) is 29.0 Å². The van der Waals surface area contributed by atoms with E-state index in [9.17, 15) is 22.8 Å². The first kappa shape index (κ1) is 24.4. The van der Waals surface area contributed by atoms with Gasteiger partial charge in [-0.1, -0.05) is 23.7 Å². The first-order valence-corrected chi connectivity index (χ1v) is 10.8. The quantitative estimate of drug-likeness (QED) is 0.548. The number of benzene rings is 2. The van der Waals surface area contributed by atoms with Gasteiger partial charge in [-0.15, -0.1) is 13.2 Å². The third-order valence-corrected chi connectivity index (χ3v) is 5.82. The van der Waals surface area contributed by atoms with E-state index in [4.69, 9.17) is 16.3 Å². The van der Waals surface area contributed by atoms with Gasteiger partial charge in [-0.25, -0.2) is 0 Å². The standard InChI is InChI=1S/C23H20ClF3N4O4/c1-30-20-18(29-21(32)16-5-3-4-6-17(16)24)7-8-31(19(20)12-28-30)22(33)13-9-14(34-2)11-15(10-13)35-23(25,26)27/h3-6,9-12,18H,7-8H2,1-2H3,(H,29,32). The maximum atomic E-state index is 13.3. The van der Waals surface area contributed by atoms with Gasteiger partial charge in [0.25, 0.3) is 11.8 Å². The predicted molar refractivity (Wildman–Crippen MR) is 121 cm³/mol. The smallest absolute Gasteiger partial charge is 0.497 e. The molecular formula is C23H20ClF3N4O4. The van der Waals surface area contributed by atoms with Crippen molar-refractivity contribution in [3.63, 3.8) is 0 Å². The maximum absolute atomic E-state index is 13.3. The van der Waals surface area contributed by atoms with Gasteiger partial charge in [-0.3, -0.25) is 14.3 Å². The topological polar surface area (TPSA) is 85.7 Å². The summed E-state index contributed by atoms with van der Waals surface area (Å²) in [6, 6.07) is 9.51. The molecule has 0 saturated carbocycles. The minimum Gasteiger partial charge on any atom is -0.497 e. The Hall–Kier alpha value is -3.73. The molecule has 3 aromatic rings. The van der Waals surface area contributed by atoms with Gasteiger partial charge in [0, 0.05) is 25.2 Å². The van der Waals surface area contributed by atoms with Crippen LogP contribution in [0.5, 0.6) is 11.5 Å². The minimum atomic E-state index is -4.93. The Morgan fingerprint density at radius 3 is 2.57 bits per heavy atom. The number of ether oxygens (including phenoxy) is 2. The zero-order valence-electron chi connectivity index (χ0n) is 18.6. The van der Waals surface area contributed by atoms with E-state index < -0.39 is 24.1 Å². The molecule has 2 aromatic carbocycles. The fourth-order valence-corrected chi connectivity index (χ4v) is 4.18. The molecule has 1 N–H and O–H groups in total. The summed E-state index contributed by atoms with van der Waals surface area (Å²) in [6.07, 6.45) is -3.12. The lowest BCUT2D eigenvalue weighted by molar-refractivity contribution is -0.274. The van der Waals surface area contributed by atoms with Crippen molar-refractivity contribution in [1.82, 2.24) is 15.1 Å². The second-order valence-electron chi connectivity index (χ2n) is 7.74. The second kappa shape index (κ2) is 9.49.